The Morgan fingerprint density at radius 2 is 2.04 bits per heavy atom. The van der Waals surface area contributed by atoms with Crippen LogP contribution in [0.5, 0.6) is 0 Å². The van der Waals surface area contributed by atoms with Gasteiger partial charge in [-0.1, -0.05) is 43.7 Å². The Kier molecular flexibility index (Phi) is 6.27. The number of benzene rings is 1. The molecule has 1 amide bonds. The molecule has 0 aliphatic rings. The van der Waals surface area contributed by atoms with Gasteiger partial charge in [0, 0.05) is 5.69 Å². The Hall–Kier alpha value is -2.26. The molecule has 0 fully saturated rings. The second kappa shape index (κ2) is 8.21. The molecule has 1 N–H and O–H groups in total. The van der Waals surface area contributed by atoms with Crippen LogP contribution in [0.15, 0.2) is 29.4 Å². The number of rotatable bonds is 7. The van der Waals surface area contributed by atoms with Gasteiger partial charge in [-0.15, -0.1) is 16.6 Å². The van der Waals surface area contributed by atoms with E-state index < -0.39 is 5.54 Å². The Labute approximate surface area is 153 Å². The molecule has 0 aliphatic carbocycles. The lowest BCUT2D eigenvalue weighted by Crippen LogP contribution is -2.47. The molecule has 0 unspecified atom stereocenters. The Morgan fingerprint density at radius 3 is 2.64 bits per heavy atom. The lowest BCUT2D eigenvalue weighted by molar-refractivity contribution is -0.119. The molecule has 1 heterocycles. The van der Waals surface area contributed by atoms with Crippen molar-refractivity contribution < 1.29 is 4.79 Å². The summed E-state index contributed by atoms with van der Waals surface area (Å²) < 4.78 is 1.96. The third-order valence-corrected chi connectivity index (χ3v) is 5.18. The highest BCUT2D eigenvalue weighted by Gasteiger charge is 2.25. The first-order chi connectivity index (χ1) is 11.9. The molecule has 0 radical (unpaired) electrons. The van der Waals surface area contributed by atoms with E-state index in [9.17, 15) is 4.79 Å². The molecule has 5 nitrogen and oxygen atoms in total. The summed E-state index contributed by atoms with van der Waals surface area (Å²) in [7, 11) is 0. The van der Waals surface area contributed by atoms with Crippen molar-refractivity contribution in [1.82, 2.24) is 20.1 Å². The summed E-state index contributed by atoms with van der Waals surface area (Å²) in [4.78, 5) is 12.3. The van der Waals surface area contributed by atoms with Gasteiger partial charge in [-0.2, -0.15) is 0 Å². The number of aromatic nitrogens is 3. The lowest BCUT2D eigenvalue weighted by Gasteiger charge is -2.26. The highest BCUT2D eigenvalue weighted by Crippen LogP contribution is 2.23. The van der Waals surface area contributed by atoms with Gasteiger partial charge in [0.2, 0.25) is 5.91 Å². The molecule has 0 aliphatic heterocycles. The van der Waals surface area contributed by atoms with Crippen LogP contribution >= 0.6 is 11.8 Å². The van der Waals surface area contributed by atoms with E-state index >= 15 is 0 Å². The maximum atomic E-state index is 12.3. The van der Waals surface area contributed by atoms with Gasteiger partial charge in [0.05, 0.1) is 5.75 Å². The van der Waals surface area contributed by atoms with Gasteiger partial charge in [-0.05, 0) is 44.4 Å². The van der Waals surface area contributed by atoms with Crippen molar-refractivity contribution in [1.29, 1.82) is 0 Å². The molecule has 132 valence electrons. The largest absolute Gasteiger partial charge is 0.339 e. The molecule has 1 aromatic heterocycles. The van der Waals surface area contributed by atoms with E-state index in [1.807, 2.05) is 50.5 Å². The maximum Gasteiger partial charge on any atom is 0.231 e. The molecule has 0 spiro atoms. The first kappa shape index (κ1) is 19.1. The first-order valence-electron chi connectivity index (χ1n) is 8.35. The van der Waals surface area contributed by atoms with Gasteiger partial charge in [0.1, 0.15) is 11.4 Å². The van der Waals surface area contributed by atoms with Crippen molar-refractivity contribution in [3.8, 4) is 18.0 Å². The second-order valence-corrected chi connectivity index (χ2v) is 6.92. The van der Waals surface area contributed by atoms with Crippen LogP contribution in [0.1, 0.15) is 38.1 Å². The van der Waals surface area contributed by atoms with Gasteiger partial charge in [0.25, 0.3) is 0 Å². The van der Waals surface area contributed by atoms with E-state index in [0.717, 1.165) is 17.1 Å². The standard InChI is InChI=1S/C19H24N4OS/c1-6-19(7-2,8-3)20-17(24)13-25-18-22-21-15(5)23(18)16-11-9-10-14(4)12-16/h1,9-12H,7-8,13H2,2-5H3,(H,20,24). The number of hydrogen-bond acceptors (Lipinski definition) is 4. The Morgan fingerprint density at radius 1 is 1.32 bits per heavy atom. The predicted molar refractivity (Wildman–Crippen MR) is 102 cm³/mol. The number of amides is 1. The molecule has 1 aromatic carbocycles. The van der Waals surface area contributed by atoms with E-state index in [2.05, 4.69) is 27.5 Å². The SMILES string of the molecule is C#CC(CC)(CC)NC(=O)CSc1nnc(C)n1-c1cccc(C)c1. The summed E-state index contributed by atoms with van der Waals surface area (Å²) in [6, 6.07) is 8.11. The van der Waals surface area contributed by atoms with Crippen LogP contribution in [0.3, 0.4) is 0 Å². The third kappa shape index (κ3) is 4.43. The van der Waals surface area contributed by atoms with E-state index in [4.69, 9.17) is 6.42 Å². The average Bonchev–Trinajstić information content (AvgIpc) is 2.98. The fourth-order valence-electron chi connectivity index (χ4n) is 2.60. The van der Waals surface area contributed by atoms with Crippen LogP contribution in [0.4, 0.5) is 0 Å². The van der Waals surface area contributed by atoms with Crippen molar-refractivity contribution in [3.05, 3.63) is 35.7 Å². The molecule has 25 heavy (non-hydrogen) atoms. The van der Waals surface area contributed by atoms with Crippen molar-refractivity contribution in [2.24, 2.45) is 0 Å². The number of terminal acetylenes is 1. The van der Waals surface area contributed by atoms with Crippen molar-refractivity contribution in [2.75, 3.05) is 5.75 Å². The minimum atomic E-state index is -0.572. The van der Waals surface area contributed by atoms with Crippen LogP contribution in [-0.4, -0.2) is 32.0 Å². The van der Waals surface area contributed by atoms with Gasteiger partial charge in [-0.25, -0.2) is 0 Å². The Balaban J connectivity index is 2.12. The maximum absolute atomic E-state index is 12.3. The second-order valence-electron chi connectivity index (χ2n) is 5.97. The van der Waals surface area contributed by atoms with Crippen LogP contribution in [0.25, 0.3) is 5.69 Å². The van der Waals surface area contributed by atoms with Gasteiger partial charge in [-0.3, -0.25) is 9.36 Å². The van der Waals surface area contributed by atoms with Gasteiger partial charge >= 0.3 is 0 Å². The number of hydrogen-bond donors (Lipinski definition) is 1. The predicted octanol–water partition coefficient (Wildman–Crippen LogP) is 3.28. The molecular formula is C19H24N4OS. The average molecular weight is 356 g/mol. The van der Waals surface area contributed by atoms with Crippen LogP contribution in [-0.2, 0) is 4.79 Å². The zero-order valence-corrected chi connectivity index (χ0v) is 16.0. The smallest absolute Gasteiger partial charge is 0.231 e. The number of nitrogens with one attached hydrogen (secondary N) is 1. The Bertz CT molecular complexity index is 787. The number of aryl methyl sites for hydroxylation is 2. The van der Waals surface area contributed by atoms with Crippen molar-refractivity contribution in [3.63, 3.8) is 0 Å². The summed E-state index contributed by atoms with van der Waals surface area (Å²) in [6.45, 7) is 7.90. The number of carbonyl (C=O) groups excluding carboxylic acids is 1. The normalized spacial score (nSPS) is 11.2. The zero-order valence-electron chi connectivity index (χ0n) is 15.2. The van der Waals surface area contributed by atoms with E-state index in [0.29, 0.717) is 18.0 Å². The summed E-state index contributed by atoms with van der Waals surface area (Å²) in [5.74, 6) is 3.65. The van der Waals surface area contributed by atoms with Crippen LogP contribution in [0, 0.1) is 26.2 Å². The molecule has 0 saturated heterocycles. The minimum Gasteiger partial charge on any atom is -0.339 e. The van der Waals surface area contributed by atoms with Crippen molar-refractivity contribution >= 4 is 17.7 Å². The highest BCUT2D eigenvalue weighted by molar-refractivity contribution is 7.99. The highest BCUT2D eigenvalue weighted by atomic mass is 32.2. The minimum absolute atomic E-state index is 0.0944. The fraction of sp³-hybridized carbons (Fsp3) is 0.421. The molecule has 0 atom stereocenters. The molecule has 2 aromatic rings. The third-order valence-electron chi connectivity index (χ3n) is 4.25. The van der Waals surface area contributed by atoms with E-state index in [-0.39, 0.29) is 11.7 Å². The van der Waals surface area contributed by atoms with E-state index in [1.165, 1.54) is 11.8 Å². The number of thioether (sulfide) groups is 1. The zero-order chi connectivity index (χ0) is 18.4. The summed E-state index contributed by atoms with van der Waals surface area (Å²) in [6.07, 6.45) is 7.01. The molecule has 2 rings (SSSR count). The number of nitrogens with zero attached hydrogens (tertiary/aromatic N) is 3. The quantitative estimate of drug-likeness (QED) is 0.611. The summed E-state index contributed by atoms with van der Waals surface area (Å²) >= 11 is 1.36. The summed E-state index contributed by atoms with van der Waals surface area (Å²) in [5, 5.41) is 12.0. The van der Waals surface area contributed by atoms with Gasteiger partial charge in [0.15, 0.2) is 5.16 Å². The lowest BCUT2D eigenvalue weighted by atomic mass is 9.94. The molecular weight excluding hydrogens is 332 g/mol. The first-order valence-corrected chi connectivity index (χ1v) is 9.34. The van der Waals surface area contributed by atoms with Crippen molar-refractivity contribution in [2.45, 2.75) is 51.2 Å². The molecule has 0 saturated carbocycles. The molecule has 6 heteroatoms. The fourth-order valence-corrected chi connectivity index (χ4v) is 3.40. The number of carbonyl (C=O) groups is 1. The molecule has 0 bridgehead atoms. The van der Waals surface area contributed by atoms with Crippen LogP contribution in [0.2, 0.25) is 0 Å². The van der Waals surface area contributed by atoms with Crippen LogP contribution < -0.4 is 5.32 Å². The topological polar surface area (TPSA) is 59.8 Å². The van der Waals surface area contributed by atoms with Gasteiger partial charge < -0.3 is 5.32 Å². The van der Waals surface area contributed by atoms with E-state index in [1.54, 1.807) is 0 Å². The summed E-state index contributed by atoms with van der Waals surface area (Å²) in [5.41, 5.74) is 1.58. The monoisotopic (exact) mass is 356 g/mol.